The van der Waals surface area contributed by atoms with Crippen molar-refractivity contribution in [1.29, 1.82) is 0 Å². The number of aliphatic carboxylic acids is 1. The molecule has 2 aromatic carbocycles. The van der Waals surface area contributed by atoms with Crippen molar-refractivity contribution < 1.29 is 45.8 Å². The molecule has 3 rings (SSSR count). The SMILES string of the molecule is O=C(O)CCCCCCC(=O)/C=C/c1ccc2c(c1)CC/C(=C\c1cc(C(F)(F)F)cc(C(F)(F)F)c1)C2=O. The summed E-state index contributed by atoms with van der Waals surface area (Å²) in [6.45, 7) is 0. The Hall–Kier alpha value is -3.69. The van der Waals surface area contributed by atoms with Crippen LogP contribution in [0, 0.1) is 0 Å². The number of benzene rings is 2. The number of aryl methyl sites for hydroxylation is 1. The Kier molecular flexibility index (Phi) is 9.53. The van der Waals surface area contributed by atoms with E-state index in [1.165, 1.54) is 12.1 Å². The van der Waals surface area contributed by atoms with Crippen LogP contribution in [0.15, 0.2) is 48.0 Å². The maximum absolute atomic E-state index is 13.2. The molecule has 1 aliphatic rings. The van der Waals surface area contributed by atoms with Gasteiger partial charge in [0.1, 0.15) is 0 Å². The van der Waals surface area contributed by atoms with Crippen LogP contribution in [0.5, 0.6) is 0 Å². The fraction of sp³-hybridized carbons (Fsp3) is 0.345. The fourth-order valence-corrected chi connectivity index (χ4v) is 4.30. The van der Waals surface area contributed by atoms with Gasteiger partial charge in [0, 0.05) is 24.0 Å². The van der Waals surface area contributed by atoms with E-state index in [2.05, 4.69) is 0 Å². The smallest absolute Gasteiger partial charge is 0.416 e. The lowest BCUT2D eigenvalue weighted by Gasteiger charge is -2.19. The average Bonchev–Trinajstić information content (AvgIpc) is 2.85. The van der Waals surface area contributed by atoms with Crippen LogP contribution in [0.3, 0.4) is 0 Å². The Morgan fingerprint density at radius 3 is 2.00 bits per heavy atom. The van der Waals surface area contributed by atoms with E-state index in [0.29, 0.717) is 54.5 Å². The van der Waals surface area contributed by atoms with Crippen LogP contribution in [0.2, 0.25) is 0 Å². The van der Waals surface area contributed by atoms with Crippen molar-refractivity contribution in [2.45, 2.75) is 63.7 Å². The molecule has 0 bridgehead atoms. The first-order valence-electron chi connectivity index (χ1n) is 12.3. The molecular formula is C29H26F6O4. The van der Waals surface area contributed by atoms with Crippen molar-refractivity contribution in [3.05, 3.63) is 81.4 Å². The van der Waals surface area contributed by atoms with Gasteiger partial charge in [-0.25, -0.2) is 0 Å². The average molecular weight is 553 g/mol. The Morgan fingerprint density at radius 1 is 0.795 bits per heavy atom. The summed E-state index contributed by atoms with van der Waals surface area (Å²) in [5, 5.41) is 8.61. The van der Waals surface area contributed by atoms with Crippen LogP contribution >= 0.6 is 0 Å². The number of hydrogen-bond acceptors (Lipinski definition) is 3. The van der Waals surface area contributed by atoms with Crippen molar-refractivity contribution in [1.82, 2.24) is 0 Å². The van der Waals surface area contributed by atoms with E-state index in [0.717, 1.165) is 18.9 Å². The fourth-order valence-electron chi connectivity index (χ4n) is 4.30. The molecule has 1 N–H and O–H groups in total. The number of unbranched alkanes of at least 4 members (excludes halogenated alkanes) is 3. The molecule has 39 heavy (non-hydrogen) atoms. The molecule has 0 atom stereocenters. The second kappa shape index (κ2) is 12.4. The number of rotatable bonds is 10. The van der Waals surface area contributed by atoms with Crippen LogP contribution in [0.25, 0.3) is 12.2 Å². The van der Waals surface area contributed by atoms with Crippen LogP contribution < -0.4 is 0 Å². The second-order valence-corrected chi connectivity index (χ2v) is 9.36. The molecule has 0 amide bonds. The summed E-state index contributed by atoms with van der Waals surface area (Å²) in [6.07, 6.45) is -2.22. The number of carbonyl (C=O) groups excluding carboxylic acids is 2. The predicted molar refractivity (Wildman–Crippen MR) is 133 cm³/mol. The summed E-state index contributed by atoms with van der Waals surface area (Å²) >= 11 is 0. The summed E-state index contributed by atoms with van der Waals surface area (Å²) in [7, 11) is 0. The van der Waals surface area contributed by atoms with E-state index in [1.807, 2.05) is 0 Å². The van der Waals surface area contributed by atoms with Crippen LogP contribution in [0.1, 0.15) is 83.1 Å². The first kappa shape index (κ1) is 29.9. The monoisotopic (exact) mass is 552 g/mol. The number of halogens is 6. The van der Waals surface area contributed by atoms with E-state index in [9.17, 15) is 40.7 Å². The molecule has 208 valence electrons. The minimum Gasteiger partial charge on any atom is -0.481 e. The number of carbonyl (C=O) groups is 3. The number of carboxylic acids is 1. The molecule has 0 saturated heterocycles. The molecule has 0 aromatic heterocycles. The standard InChI is InChI=1S/C29H26F6O4/c30-28(31,32)22-15-19(16-23(17-22)29(33,34)35)14-21-10-9-20-13-18(8-12-25(20)27(21)39)7-11-24(36)5-3-1-2-4-6-26(37)38/h7-8,11-17H,1-6,9-10H2,(H,37,38)/b11-7+,21-14+. The first-order valence-corrected chi connectivity index (χ1v) is 12.3. The van der Waals surface area contributed by atoms with Gasteiger partial charge >= 0.3 is 18.3 Å². The van der Waals surface area contributed by atoms with Crippen LogP contribution in [0.4, 0.5) is 26.3 Å². The summed E-state index contributed by atoms with van der Waals surface area (Å²) in [6, 6.07) is 6.10. The number of carboxylic acid groups (broad SMARTS) is 1. The zero-order chi connectivity index (χ0) is 28.8. The maximum atomic E-state index is 13.2. The Balaban J connectivity index is 1.69. The van der Waals surface area contributed by atoms with Crippen molar-refractivity contribution >= 4 is 29.7 Å². The topological polar surface area (TPSA) is 71.4 Å². The number of fused-ring (bicyclic) bond motifs is 1. The zero-order valence-corrected chi connectivity index (χ0v) is 20.8. The Labute approximate surface area is 221 Å². The van der Waals surface area contributed by atoms with Gasteiger partial charge in [0.25, 0.3) is 0 Å². The van der Waals surface area contributed by atoms with Gasteiger partial charge < -0.3 is 5.11 Å². The summed E-state index contributed by atoms with van der Waals surface area (Å²) in [5.41, 5.74) is -1.49. The molecular weight excluding hydrogens is 526 g/mol. The second-order valence-electron chi connectivity index (χ2n) is 9.36. The number of ketones is 2. The van der Waals surface area contributed by atoms with E-state index in [1.54, 1.807) is 18.2 Å². The van der Waals surface area contributed by atoms with Gasteiger partial charge in [-0.2, -0.15) is 26.3 Å². The third-order valence-corrected chi connectivity index (χ3v) is 6.31. The summed E-state index contributed by atoms with van der Waals surface area (Å²) in [4.78, 5) is 35.6. The van der Waals surface area contributed by atoms with Gasteiger partial charge in [-0.15, -0.1) is 0 Å². The Bertz CT molecular complexity index is 1270. The molecule has 0 saturated carbocycles. The number of allylic oxidation sites excluding steroid dienone is 2. The Morgan fingerprint density at radius 2 is 1.41 bits per heavy atom. The van der Waals surface area contributed by atoms with E-state index < -0.39 is 35.2 Å². The van der Waals surface area contributed by atoms with E-state index in [4.69, 9.17) is 5.11 Å². The molecule has 0 heterocycles. The molecule has 2 aromatic rings. The van der Waals surface area contributed by atoms with Gasteiger partial charge in [0.15, 0.2) is 11.6 Å². The number of hydrogen-bond donors (Lipinski definition) is 1. The highest BCUT2D eigenvalue weighted by Gasteiger charge is 2.37. The minimum atomic E-state index is -4.98. The maximum Gasteiger partial charge on any atom is 0.416 e. The van der Waals surface area contributed by atoms with Crippen molar-refractivity contribution in [2.75, 3.05) is 0 Å². The molecule has 0 fully saturated rings. The molecule has 4 nitrogen and oxygen atoms in total. The third-order valence-electron chi connectivity index (χ3n) is 6.31. The first-order chi connectivity index (χ1) is 18.2. The minimum absolute atomic E-state index is 0.0439. The van der Waals surface area contributed by atoms with Gasteiger partial charge in [-0.1, -0.05) is 37.1 Å². The van der Waals surface area contributed by atoms with Crippen molar-refractivity contribution in [2.24, 2.45) is 0 Å². The van der Waals surface area contributed by atoms with Gasteiger partial charge in [-0.05, 0) is 72.7 Å². The quantitative estimate of drug-likeness (QED) is 0.185. The molecule has 0 aliphatic heterocycles. The van der Waals surface area contributed by atoms with Crippen molar-refractivity contribution in [3.8, 4) is 0 Å². The molecule has 0 spiro atoms. The lowest BCUT2D eigenvalue weighted by atomic mass is 9.85. The van der Waals surface area contributed by atoms with Crippen LogP contribution in [-0.4, -0.2) is 22.6 Å². The number of alkyl halides is 6. The highest BCUT2D eigenvalue weighted by molar-refractivity contribution is 6.13. The highest BCUT2D eigenvalue weighted by Crippen LogP contribution is 2.37. The third kappa shape index (κ3) is 8.66. The zero-order valence-electron chi connectivity index (χ0n) is 20.8. The molecule has 10 heteroatoms. The van der Waals surface area contributed by atoms with E-state index >= 15 is 0 Å². The van der Waals surface area contributed by atoms with Gasteiger partial charge in [0.05, 0.1) is 11.1 Å². The lowest BCUT2D eigenvalue weighted by molar-refractivity contribution is -0.143. The molecule has 0 unspecified atom stereocenters. The van der Waals surface area contributed by atoms with Gasteiger partial charge in [0.2, 0.25) is 0 Å². The normalized spacial score (nSPS) is 15.1. The summed E-state index contributed by atoms with van der Waals surface area (Å²) in [5.74, 6) is -1.41. The number of Topliss-reactive ketones (excluding diaryl/α,β-unsaturated/α-hetero) is 1. The molecule has 1 aliphatic carbocycles. The highest BCUT2D eigenvalue weighted by atomic mass is 19.4. The summed E-state index contributed by atoms with van der Waals surface area (Å²) < 4.78 is 79.0. The van der Waals surface area contributed by atoms with Crippen molar-refractivity contribution in [3.63, 3.8) is 0 Å². The molecule has 0 radical (unpaired) electrons. The lowest BCUT2D eigenvalue weighted by Crippen LogP contribution is -2.15. The predicted octanol–water partition coefficient (Wildman–Crippen LogP) is 7.94. The van der Waals surface area contributed by atoms with Gasteiger partial charge in [-0.3, -0.25) is 14.4 Å². The largest absolute Gasteiger partial charge is 0.481 e. The van der Waals surface area contributed by atoms with Crippen LogP contribution in [-0.2, 0) is 28.4 Å². The van der Waals surface area contributed by atoms with E-state index in [-0.39, 0.29) is 35.8 Å².